The number of hydrogen-bond donors (Lipinski definition) is 3. The molecule has 3 rings (SSSR count). The van der Waals surface area contributed by atoms with Gasteiger partial charge in [0.2, 0.25) is 0 Å². The number of pyridine rings is 2. The van der Waals surface area contributed by atoms with Crippen LogP contribution in [-0.2, 0) is 17.9 Å². The summed E-state index contributed by atoms with van der Waals surface area (Å²) in [4.78, 5) is 50.0. The molecule has 0 saturated carbocycles. The van der Waals surface area contributed by atoms with Crippen molar-refractivity contribution in [2.24, 2.45) is 5.41 Å². The van der Waals surface area contributed by atoms with Crippen molar-refractivity contribution in [1.29, 1.82) is 0 Å². The number of nitrogens with zero attached hydrogens (tertiary/aromatic N) is 5. The number of carbonyl (C=O) groups is 3. The molecular weight excluding hydrogens is 514 g/mol. The van der Waals surface area contributed by atoms with Gasteiger partial charge < -0.3 is 15.3 Å². The molecule has 2 aromatic heterocycles. The average molecular weight is 556 g/mol. The van der Waals surface area contributed by atoms with Crippen molar-refractivity contribution in [2.75, 3.05) is 39.3 Å². The van der Waals surface area contributed by atoms with Gasteiger partial charge in [0.15, 0.2) is 0 Å². The Bertz CT molecular complexity index is 1100. The fraction of sp³-hybridized carbons (Fsp3) is 0.552. The molecule has 1 saturated heterocycles. The number of carboxylic acid groups (broad SMARTS) is 3. The molecule has 0 aromatic carbocycles. The Kier molecular flexibility index (Phi) is 11.1. The zero-order chi connectivity index (χ0) is 29.3. The van der Waals surface area contributed by atoms with Gasteiger partial charge in [-0.2, -0.15) is 0 Å². The van der Waals surface area contributed by atoms with Gasteiger partial charge in [-0.05, 0) is 42.5 Å². The summed E-state index contributed by atoms with van der Waals surface area (Å²) in [7, 11) is 0. The molecule has 40 heavy (non-hydrogen) atoms. The smallest absolute Gasteiger partial charge is 0.354 e. The highest BCUT2D eigenvalue weighted by Gasteiger charge is 2.26. The van der Waals surface area contributed by atoms with Gasteiger partial charge in [0.05, 0.1) is 17.8 Å². The van der Waals surface area contributed by atoms with Crippen molar-refractivity contribution in [2.45, 2.75) is 59.2 Å². The van der Waals surface area contributed by atoms with E-state index in [0.717, 1.165) is 12.8 Å². The minimum absolute atomic E-state index is 0.00175. The van der Waals surface area contributed by atoms with Gasteiger partial charge in [-0.15, -0.1) is 0 Å². The van der Waals surface area contributed by atoms with Crippen LogP contribution in [0.1, 0.15) is 72.4 Å². The predicted molar refractivity (Wildman–Crippen MR) is 149 cm³/mol. The van der Waals surface area contributed by atoms with Gasteiger partial charge in [-0.3, -0.25) is 19.5 Å². The number of aromatic carboxylic acids is 2. The standard InChI is InChI=1S/C29H41N5O6/c1-29(2,3)11-10-23(18-26(35)36)34-16-14-32(19-21-6-4-8-24(30-21)27(37)38)12-13-33(15-17-34)20-22-7-5-9-25(31-22)28(39)40/h4-9,23H,10-20H2,1-3H3,(H,35,36)(H,37,38)(H,39,40). The van der Waals surface area contributed by atoms with Gasteiger partial charge in [0.25, 0.3) is 0 Å². The van der Waals surface area contributed by atoms with Crippen molar-refractivity contribution in [3.8, 4) is 0 Å². The normalized spacial score (nSPS) is 17.0. The molecular formula is C29H41N5O6. The topological polar surface area (TPSA) is 147 Å². The number of hydrogen-bond acceptors (Lipinski definition) is 8. The second-order valence-electron chi connectivity index (χ2n) is 11.6. The first-order valence-corrected chi connectivity index (χ1v) is 13.7. The third-order valence-corrected chi connectivity index (χ3v) is 7.12. The monoisotopic (exact) mass is 555 g/mol. The fourth-order valence-electron chi connectivity index (χ4n) is 4.89. The van der Waals surface area contributed by atoms with E-state index in [9.17, 15) is 29.7 Å². The van der Waals surface area contributed by atoms with Crippen LogP contribution in [0, 0.1) is 5.41 Å². The molecule has 0 amide bonds. The number of rotatable bonds is 11. The molecule has 0 radical (unpaired) electrons. The van der Waals surface area contributed by atoms with Crippen LogP contribution in [0.5, 0.6) is 0 Å². The summed E-state index contributed by atoms with van der Waals surface area (Å²) in [5.74, 6) is -2.97. The molecule has 0 aliphatic carbocycles. The minimum atomic E-state index is -1.07. The highest BCUT2D eigenvalue weighted by atomic mass is 16.4. The van der Waals surface area contributed by atoms with E-state index in [1.807, 2.05) is 12.1 Å². The lowest BCUT2D eigenvalue weighted by molar-refractivity contribution is -0.138. The van der Waals surface area contributed by atoms with E-state index in [-0.39, 0.29) is 29.3 Å². The van der Waals surface area contributed by atoms with Crippen LogP contribution < -0.4 is 0 Å². The van der Waals surface area contributed by atoms with Crippen LogP contribution in [0.2, 0.25) is 0 Å². The van der Waals surface area contributed by atoms with Crippen LogP contribution in [0.4, 0.5) is 0 Å². The number of carboxylic acids is 3. The molecule has 3 heterocycles. The van der Waals surface area contributed by atoms with Crippen molar-refractivity contribution < 1.29 is 29.7 Å². The molecule has 11 nitrogen and oxygen atoms in total. The largest absolute Gasteiger partial charge is 0.481 e. The predicted octanol–water partition coefficient (Wildman–Crippen LogP) is 3.16. The van der Waals surface area contributed by atoms with Crippen LogP contribution in [0.3, 0.4) is 0 Å². The zero-order valence-electron chi connectivity index (χ0n) is 23.6. The third-order valence-electron chi connectivity index (χ3n) is 7.12. The second-order valence-corrected chi connectivity index (χ2v) is 11.6. The Labute approximate surface area is 235 Å². The molecule has 218 valence electrons. The maximum atomic E-state index is 11.8. The lowest BCUT2D eigenvalue weighted by Crippen LogP contribution is -2.44. The molecule has 0 bridgehead atoms. The van der Waals surface area contributed by atoms with Crippen LogP contribution >= 0.6 is 0 Å². The van der Waals surface area contributed by atoms with E-state index in [2.05, 4.69) is 45.4 Å². The highest BCUT2D eigenvalue weighted by Crippen LogP contribution is 2.25. The molecule has 1 unspecified atom stereocenters. The lowest BCUT2D eigenvalue weighted by atomic mass is 9.87. The quantitative estimate of drug-likeness (QED) is 0.375. The van der Waals surface area contributed by atoms with Gasteiger partial charge in [0, 0.05) is 58.4 Å². The van der Waals surface area contributed by atoms with E-state index in [0.29, 0.717) is 63.7 Å². The maximum absolute atomic E-state index is 11.8. The summed E-state index contributed by atoms with van der Waals surface area (Å²) in [6.07, 6.45) is 1.72. The highest BCUT2D eigenvalue weighted by molar-refractivity contribution is 5.85. The molecule has 2 aromatic rings. The van der Waals surface area contributed by atoms with Crippen molar-refractivity contribution in [1.82, 2.24) is 24.7 Å². The Morgan fingerprint density at radius 2 is 1.23 bits per heavy atom. The van der Waals surface area contributed by atoms with E-state index in [4.69, 9.17) is 0 Å². The zero-order valence-corrected chi connectivity index (χ0v) is 23.6. The van der Waals surface area contributed by atoms with E-state index >= 15 is 0 Å². The summed E-state index contributed by atoms with van der Waals surface area (Å²) in [6, 6.07) is 9.82. The maximum Gasteiger partial charge on any atom is 0.354 e. The van der Waals surface area contributed by atoms with E-state index in [1.54, 1.807) is 12.1 Å². The third kappa shape index (κ3) is 10.3. The molecule has 3 N–H and O–H groups in total. The summed E-state index contributed by atoms with van der Waals surface area (Å²) < 4.78 is 0. The molecule has 11 heteroatoms. The Morgan fingerprint density at radius 3 is 1.62 bits per heavy atom. The molecule has 1 aliphatic rings. The Hall–Kier alpha value is -3.41. The van der Waals surface area contributed by atoms with Crippen molar-refractivity contribution >= 4 is 17.9 Å². The summed E-state index contributed by atoms with van der Waals surface area (Å²) in [5.41, 5.74) is 1.39. The SMILES string of the molecule is CC(C)(C)CCC(CC(=O)O)N1CCN(Cc2cccc(C(=O)O)n2)CCN(Cc2cccc(C(=O)O)n2)CC1. The van der Waals surface area contributed by atoms with Crippen LogP contribution in [-0.4, -0.2) is 103 Å². The van der Waals surface area contributed by atoms with Crippen molar-refractivity contribution in [3.63, 3.8) is 0 Å². The fourth-order valence-corrected chi connectivity index (χ4v) is 4.89. The number of aliphatic carboxylic acids is 1. The first-order valence-electron chi connectivity index (χ1n) is 13.7. The lowest BCUT2D eigenvalue weighted by Gasteiger charge is -2.34. The van der Waals surface area contributed by atoms with E-state index in [1.165, 1.54) is 12.1 Å². The van der Waals surface area contributed by atoms with Crippen LogP contribution in [0.25, 0.3) is 0 Å². The summed E-state index contributed by atoms with van der Waals surface area (Å²) >= 11 is 0. The first-order chi connectivity index (χ1) is 18.9. The van der Waals surface area contributed by atoms with Gasteiger partial charge >= 0.3 is 17.9 Å². The molecule has 1 atom stereocenters. The van der Waals surface area contributed by atoms with Crippen molar-refractivity contribution in [3.05, 3.63) is 59.2 Å². The summed E-state index contributed by atoms with van der Waals surface area (Å²) in [5, 5.41) is 28.4. The Morgan fingerprint density at radius 1 is 0.775 bits per heavy atom. The Balaban J connectivity index is 1.84. The minimum Gasteiger partial charge on any atom is -0.481 e. The molecule has 1 fully saturated rings. The summed E-state index contributed by atoms with van der Waals surface area (Å²) in [6.45, 7) is 11.4. The second kappa shape index (κ2) is 14.3. The average Bonchev–Trinajstić information content (AvgIpc) is 2.97. The van der Waals surface area contributed by atoms with Gasteiger partial charge in [-0.25, -0.2) is 19.6 Å². The number of aromatic nitrogens is 2. The molecule has 0 spiro atoms. The van der Waals surface area contributed by atoms with Gasteiger partial charge in [-0.1, -0.05) is 32.9 Å². The van der Waals surface area contributed by atoms with Crippen LogP contribution in [0.15, 0.2) is 36.4 Å². The first kappa shape index (κ1) is 31.1. The van der Waals surface area contributed by atoms with Gasteiger partial charge in [0.1, 0.15) is 11.4 Å². The molecule has 1 aliphatic heterocycles. The van der Waals surface area contributed by atoms with E-state index < -0.39 is 17.9 Å².